The van der Waals surface area contributed by atoms with Crippen LogP contribution in [0.25, 0.3) is 0 Å². The Morgan fingerprint density at radius 2 is 2.17 bits per heavy atom. The first-order valence-electron chi connectivity index (χ1n) is 5.89. The zero-order valence-electron chi connectivity index (χ0n) is 10.6. The molecule has 0 atom stereocenters. The number of hydrogen-bond acceptors (Lipinski definition) is 5. The third kappa shape index (κ3) is 3.30. The van der Waals surface area contributed by atoms with Gasteiger partial charge in [0.25, 0.3) is 0 Å². The Kier molecular flexibility index (Phi) is 4.72. The molecule has 0 amide bonds. The van der Waals surface area contributed by atoms with Crippen LogP contribution in [-0.4, -0.2) is 33.8 Å². The number of nitrogens with zero attached hydrogens (tertiary/aromatic N) is 4. The molecule has 0 aliphatic rings. The van der Waals surface area contributed by atoms with Gasteiger partial charge in [0, 0.05) is 12.3 Å². The third-order valence-electron chi connectivity index (χ3n) is 2.69. The first kappa shape index (κ1) is 13.0. The summed E-state index contributed by atoms with van der Waals surface area (Å²) < 4.78 is 1.83. The van der Waals surface area contributed by atoms with Crippen LogP contribution in [0.15, 0.2) is 29.4 Å². The zero-order valence-corrected chi connectivity index (χ0v) is 11.4. The normalized spacial score (nSPS) is 10.8. The maximum atomic E-state index is 4.05. The van der Waals surface area contributed by atoms with Gasteiger partial charge in [-0.15, -0.1) is 5.10 Å². The number of benzene rings is 1. The molecule has 96 valence electrons. The average molecular weight is 263 g/mol. The molecule has 0 saturated carbocycles. The van der Waals surface area contributed by atoms with E-state index in [2.05, 4.69) is 52.0 Å². The molecular formula is C12H17N5S. The molecule has 1 aromatic carbocycles. The SMILES string of the molecule is CNCCn1nnnc1SCc1ccccc1C. The lowest BCUT2D eigenvalue weighted by molar-refractivity contribution is 0.530. The van der Waals surface area contributed by atoms with Crippen LogP contribution in [0, 0.1) is 6.92 Å². The number of rotatable bonds is 6. The molecule has 5 nitrogen and oxygen atoms in total. The van der Waals surface area contributed by atoms with E-state index < -0.39 is 0 Å². The van der Waals surface area contributed by atoms with Gasteiger partial charge in [-0.1, -0.05) is 36.0 Å². The Labute approximate surface area is 111 Å². The predicted octanol–water partition coefficient (Wildman–Crippen LogP) is 1.49. The first-order chi connectivity index (χ1) is 8.81. The lowest BCUT2D eigenvalue weighted by Gasteiger charge is -2.05. The summed E-state index contributed by atoms with van der Waals surface area (Å²) in [6, 6.07) is 8.39. The minimum absolute atomic E-state index is 0.791. The number of thioether (sulfide) groups is 1. The molecule has 2 aromatic rings. The Balaban J connectivity index is 1.98. The van der Waals surface area contributed by atoms with E-state index in [-0.39, 0.29) is 0 Å². The van der Waals surface area contributed by atoms with Crippen molar-refractivity contribution in [1.29, 1.82) is 0 Å². The molecule has 0 bridgehead atoms. The van der Waals surface area contributed by atoms with Crippen molar-refractivity contribution in [3.63, 3.8) is 0 Å². The molecule has 0 aliphatic carbocycles. The molecule has 2 rings (SSSR count). The second-order valence-electron chi connectivity index (χ2n) is 4.00. The molecular weight excluding hydrogens is 246 g/mol. The number of likely N-dealkylation sites (N-methyl/N-ethyl adjacent to an activating group) is 1. The smallest absolute Gasteiger partial charge is 0.209 e. The molecule has 1 heterocycles. The van der Waals surface area contributed by atoms with Crippen LogP contribution in [0.3, 0.4) is 0 Å². The van der Waals surface area contributed by atoms with E-state index in [4.69, 9.17) is 0 Å². The van der Waals surface area contributed by atoms with Crippen LogP contribution < -0.4 is 5.32 Å². The summed E-state index contributed by atoms with van der Waals surface area (Å²) in [7, 11) is 1.92. The van der Waals surface area contributed by atoms with Crippen molar-refractivity contribution in [2.24, 2.45) is 0 Å². The van der Waals surface area contributed by atoms with E-state index in [1.165, 1.54) is 11.1 Å². The summed E-state index contributed by atoms with van der Waals surface area (Å²) in [6.45, 7) is 3.78. The highest BCUT2D eigenvalue weighted by molar-refractivity contribution is 7.98. The number of hydrogen-bond donors (Lipinski definition) is 1. The molecule has 18 heavy (non-hydrogen) atoms. The van der Waals surface area contributed by atoms with Gasteiger partial charge in [-0.3, -0.25) is 0 Å². The number of tetrazole rings is 1. The molecule has 6 heteroatoms. The Morgan fingerprint density at radius 3 is 2.94 bits per heavy atom. The molecule has 0 aliphatic heterocycles. The minimum Gasteiger partial charge on any atom is -0.318 e. The fraction of sp³-hybridized carbons (Fsp3) is 0.417. The van der Waals surface area contributed by atoms with Crippen molar-refractivity contribution in [1.82, 2.24) is 25.5 Å². The van der Waals surface area contributed by atoms with Gasteiger partial charge < -0.3 is 5.32 Å². The highest BCUT2D eigenvalue weighted by Gasteiger charge is 2.07. The largest absolute Gasteiger partial charge is 0.318 e. The van der Waals surface area contributed by atoms with Crippen LogP contribution in [0.4, 0.5) is 0 Å². The maximum Gasteiger partial charge on any atom is 0.209 e. The average Bonchev–Trinajstić information content (AvgIpc) is 2.83. The van der Waals surface area contributed by atoms with Crippen LogP contribution >= 0.6 is 11.8 Å². The lowest BCUT2D eigenvalue weighted by atomic mass is 10.1. The van der Waals surface area contributed by atoms with Gasteiger partial charge in [0.2, 0.25) is 5.16 Å². The van der Waals surface area contributed by atoms with Crippen molar-refractivity contribution in [2.75, 3.05) is 13.6 Å². The second kappa shape index (κ2) is 6.51. The van der Waals surface area contributed by atoms with Crippen LogP contribution in [0.1, 0.15) is 11.1 Å². The molecule has 0 unspecified atom stereocenters. The summed E-state index contributed by atoms with van der Waals surface area (Å²) in [5.74, 6) is 0.895. The first-order valence-corrected chi connectivity index (χ1v) is 6.88. The second-order valence-corrected chi connectivity index (χ2v) is 4.95. The van der Waals surface area contributed by atoms with Gasteiger partial charge in [-0.2, -0.15) is 0 Å². The molecule has 0 saturated heterocycles. The van der Waals surface area contributed by atoms with Crippen LogP contribution in [0.2, 0.25) is 0 Å². The fourth-order valence-electron chi connectivity index (χ4n) is 1.57. The van der Waals surface area contributed by atoms with Gasteiger partial charge in [0.05, 0.1) is 6.54 Å². The summed E-state index contributed by atoms with van der Waals surface area (Å²) >= 11 is 1.67. The summed E-state index contributed by atoms with van der Waals surface area (Å²) in [4.78, 5) is 0. The monoisotopic (exact) mass is 263 g/mol. The highest BCUT2D eigenvalue weighted by atomic mass is 32.2. The van der Waals surface area contributed by atoms with Crippen LogP contribution in [-0.2, 0) is 12.3 Å². The van der Waals surface area contributed by atoms with Gasteiger partial charge in [-0.25, -0.2) is 4.68 Å². The zero-order chi connectivity index (χ0) is 12.8. The van der Waals surface area contributed by atoms with Gasteiger partial charge in [-0.05, 0) is 35.5 Å². The van der Waals surface area contributed by atoms with Crippen molar-refractivity contribution in [3.8, 4) is 0 Å². The molecule has 1 N–H and O–H groups in total. The predicted molar refractivity (Wildman–Crippen MR) is 72.5 cm³/mol. The van der Waals surface area contributed by atoms with E-state index in [9.17, 15) is 0 Å². The summed E-state index contributed by atoms with van der Waals surface area (Å²) in [5, 5.41) is 15.7. The number of aryl methyl sites for hydroxylation is 1. The quantitative estimate of drug-likeness (QED) is 0.800. The summed E-state index contributed by atoms with van der Waals surface area (Å²) in [6.07, 6.45) is 0. The van der Waals surface area contributed by atoms with E-state index in [0.29, 0.717) is 0 Å². The van der Waals surface area contributed by atoms with Crippen molar-refractivity contribution >= 4 is 11.8 Å². The lowest BCUT2D eigenvalue weighted by Crippen LogP contribution is -2.16. The molecule has 0 spiro atoms. The standard InChI is InChI=1S/C12H17N5S/c1-10-5-3-4-6-11(10)9-18-12-14-15-16-17(12)8-7-13-2/h3-6,13H,7-9H2,1-2H3. The Bertz CT molecular complexity index is 497. The Hall–Kier alpha value is -1.40. The van der Waals surface area contributed by atoms with Gasteiger partial charge in [0.15, 0.2) is 0 Å². The highest BCUT2D eigenvalue weighted by Crippen LogP contribution is 2.21. The fourth-order valence-corrected chi connectivity index (χ4v) is 2.55. The van der Waals surface area contributed by atoms with Crippen molar-refractivity contribution < 1.29 is 0 Å². The molecule has 0 fully saturated rings. The van der Waals surface area contributed by atoms with E-state index in [1.54, 1.807) is 11.8 Å². The van der Waals surface area contributed by atoms with E-state index in [0.717, 1.165) is 24.0 Å². The molecule has 1 aromatic heterocycles. The Morgan fingerprint density at radius 1 is 1.33 bits per heavy atom. The van der Waals surface area contributed by atoms with Crippen LogP contribution in [0.5, 0.6) is 0 Å². The van der Waals surface area contributed by atoms with Crippen molar-refractivity contribution in [2.45, 2.75) is 24.4 Å². The minimum atomic E-state index is 0.791. The number of aromatic nitrogens is 4. The molecule has 0 radical (unpaired) electrons. The topological polar surface area (TPSA) is 55.6 Å². The maximum absolute atomic E-state index is 4.05. The number of nitrogens with one attached hydrogen (secondary N) is 1. The van der Waals surface area contributed by atoms with Gasteiger partial charge >= 0.3 is 0 Å². The van der Waals surface area contributed by atoms with E-state index >= 15 is 0 Å². The third-order valence-corrected chi connectivity index (χ3v) is 3.70. The van der Waals surface area contributed by atoms with E-state index in [1.807, 2.05) is 11.7 Å². The summed E-state index contributed by atoms with van der Waals surface area (Å²) in [5.41, 5.74) is 2.63. The van der Waals surface area contributed by atoms with Gasteiger partial charge in [0.1, 0.15) is 0 Å². The van der Waals surface area contributed by atoms with Crippen molar-refractivity contribution in [3.05, 3.63) is 35.4 Å².